The van der Waals surface area contributed by atoms with Gasteiger partial charge in [-0.15, -0.1) is 22.7 Å². The number of carbonyl (C=O) groups is 2. The maximum absolute atomic E-state index is 12.1. The van der Waals surface area contributed by atoms with Crippen molar-refractivity contribution in [2.75, 3.05) is 11.9 Å². The van der Waals surface area contributed by atoms with E-state index < -0.39 is 5.97 Å². The van der Waals surface area contributed by atoms with Crippen molar-refractivity contribution in [3.63, 3.8) is 0 Å². The summed E-state index contributed by atoms with van der Waals surface area (Å²) in [5, 5.41) is 4.97. The van der Waals surface area contributed by atoms with Crippen molar-refractivity contribution in [1.82, 2.24) is 4.98 Å². The van der Waals surface area contributed by atoms with Crippen LogP contribution in [0.4, 0.5) is 5.13 Å². The zero-order valence-electron chi connectivity index (χ0n) is 13.5. The third-order valence-corrected chi connectivity index (χ3v) is 5.25. The van der Waals surface area contributed by atoms with Crippen LogP contribution in [0.3, 0.4) is 0 Å². The largest absolute Gasteiger partial charge is 0.451 e. The molecular formula is C16H20N2O3S2. The topological polar surface area (TPSA) is 68.3 Å². The molecule has 2 rings (SSSR count). The highest BCUT2D eigenvalue weighted by atomic mass is 32.1. The summed E-state index contributed by atoms with van der Waals surface area (Å²) in [6.07, 6.45) is 2.89. The second-order valence-electron chi connectivity index (χ2n) is 5.08. The zero-order chi connectivity index (χ0) is 16.8. The highest BCUT2D eigenvalue weighted by Crippen LogP contribution is 2.25. The molecule has 1 N–H and O–H groups in total. The Morgan fingerprint density at radius 2 is 2.13 bits per heavy atom. The molecule has 5 nitrogen and oxygen atoms in total. The van der Waals surface area contributed by atoms with Gasteiger partial charge < -0.3 is 4.74 Å². The molecule has 0 saturated heterocycles. The second-order valence-corrected chi connectivity index (χ2v) is 7.08. The smallest absolute Gasteiger partial charge is 0.348 e. The number of aromatic nitrogens is 1. The number of hydrogen-bond donors (Lipinski definition) is 1. The van der Waals surface area contributed by atoms with Gasteiger partial charge in [-0.05, 0) is 31.4 Å². The first-order valence-corrected chi connectivity index (χ1v) is 9.23. The minimum absolute atomic E-state index is 0.306. The van der Waals surface area contributed by atoms with Crippen LogP contribution in [-0.2, 0) is 22.4 Å². The molecular weight excluding hydrogens is 332 g/mol. The molecule has 0 aliphatic heterocycles. The molecule has 0 unspecified atom stereocenters. The molecule has 0 aliphatic rings. The molecule has 2 aromatic heterocycles. The van der Waals surface area contributed by atoms with Crippen molar-refractivity contribution in [2.45, 2.75) is 40.0 Å². The van der Waals surface area contributed by atoms with E-state index in [2.05, 4.69) is 24.1 Å². The molecule has 0 saturated carbocycles. The average molecular weight is 352 g/mol. The van der Waals surface area contributed by atoms with E-state index >= 15 is 0 Å². The van der Waals surface area contributed by atoms with Gasteiger partial charge in [0.1, 0.15) is 4.88 Å². The highest BCUT2D eigenvalue weighted by Gasteiger charge is 2.16. The van der Waals surface area contributed by atoms with Gasteiger partial charge in [0, 0.05) is 10.3 Å². The molecule has 0 bridgehead atoms. The fraction of sp³-hybridized carbons (Fsp3) is 0.438. The van der Waals surface area contributed by atoms with E-state index in [4.69, 9.17) is 4.74 Å². The van der Waals surface area contributed by atoms with E-state index in [9.17, 15) is 9.59 Å². The van der Waals surface area contributed by atoms with E-state index in [0.29, 0.717) is 10.0 Å². The summed E-state index contributed by atoms with van der Waals surface area (Å²) >= 11 is 2.80. The lowest BCUT2D eigenvalue weighted by molar-refractivity contribution is -0.119. The standard InChI is InChI=1S/C16H20N2O3S2/c1-4-6-12-11(5-2)7-13(23-12)15(20)21-8-14(19)18-16-17-10(3)9-22-16/h7,9H,4-6,8H2,1-3H3,(H,17,18,19). The van der Waals surface area contributed by atoms with Gasteiger partial charge in [-0.25, -0.2) is 9.78 Å². The minimum Gasteiger partial charge on any atom is -0.451 e. The third kappa shape index (κ3) is 4.87. The Bertz CT molecular complexity index is 691. The second kappa shape index (κ2) is 8.21. The number of nitrogens with one attached hydrogen (secondary N) is 1. The van der Waals surface area contributed by atoms with Crippen LogP contribution in [0.15, 0.2) is 11.4 Å². The Morgan fingerprint density at radius 3 is 2.74 bits per heavy atom. The van der Waals surface area contributed by atoms with Crippen molar-refractivity contribution in [3.05, 3.63) is 32.5 Å². The number of thiophene rings is 1. The van der Waals surface area contributed by atoms with Crippen molar-refractivity contribution in [3.8, 4) is 0 Å². The van der Waals surface area contributed by atoms with Crippen LogP contribution in [0.1, 0.15) is 46.1 Å². The summed E-state index contributed by atoms with van der Waals surface area (Å²) in [5.41, 5.74) is 2.03. The quantitative estimate of drug-likeness (QED) is 0.769. The van der Waals surface area contributed by atoms with E-state index in [1.165, 1.54) is 33.1 Å². The van der Waals surface area contributed by atoms with Crippen molar-refractivity contribution in [2.24, 2.45) is 0 Å². The number of aryl methyl sites for hydroxylation is 3. The molecule has 23 heavy (non-hydrogen) atoms. The van der Waals surface area contributed by atoms with Gasteiger partial charge in [0.15, 0.2) is 11.7 Å². The number of ether oxygens (including phenoxy) is 1. The summed E-state index contributed by atoms with van der Waals surface area (Å²) in [6.45, 7) is 5.73. The lowest BCUT2D eigenvalue weighted by Gasteiger charge is -2.03. The van der Waals surface area contributed by atoms with E-state index in [0.717, 1.165) is 25.0 Å². The predicted molar refractivity (Wildman–Crippen MR) is 93.5 cm³/mol. The molecule has 0 radical (unpaired) electrons. The molecule has 0 spiro atoms. The SMILES string of the molecule is CCCc1sc(C(=O)OCC(=O)Nc2nc(C)cs2)cc1CC. The lowest BCUT2D eigenvalue weighted by Crippen LogP contribution is -2.20. The molecule has 2 heterocycles. The fourth-order valence-electron chi connectivity index (χ4n) is 2.07. The number of nitrogens with zero attached hydrogens (tertiary/aromatic N) is 1. The normalized spacial score (nSPS) is 10.6. The van der Waals surface area contributed by atoms with Crippen LogP contribution in [0.2, 0.25) is 0 Å². The van der Waals surface area contributed by atoms with E-state index in [1.807, 2.05) is 18.4 Å². The summed E-state index contributed by atoms with van der Waals surface area (Å²) in [7, 11) is 0. The first kappa shape index (κ1) is 17.6. The maximum atomic E-state index is 12.1. The van der Waals surface area contributed by atoms with Crippen LogP contribution in [0.5, 0.6) is 0 Å². The van der Waals surface area contributed by atoms with Gasteiger partial charge in [0.05, 0.1) is 5.69 Å². The number of amides is 1. The number of esters is 1. The number of carbonyl (C=O) groups excluding carboxylic acids is 2. The molecule has 0 atom stereocenters. The van der Waals surface area contributed by atoms with Crippen molar-refractivity contribution in [1.29, 1.82) is 0 Å². The molecule has 7 heteroatoms. The number of anilines is 1. The van der Waals surface area contributed by atoms with Crippen LogP contribution < -0.4 is 5.32 Å². The minimum atomic E-state index is -0.447. The highest BCUT2D eigenvalue weighted by molar-refractivity contribution is 7.14. The molecule has 124 valence electrons. The number of hydrogen-bond acceptors (Lipinski definition) is 6. The van der Waals surface area contributed by atoms with Gasteiger partial charge in [0.25, 0.3) is 5.91 Å². The number of rotatable bonds is 7. The Kier molecular flexibility index (Phi) is 6.29. The van der Waals surface area contributed by atoms with Crippen LogP contribution in [-0.4, -0.2) is 23.5 Å². The monoisotopic (exact) mass is 352 g/mol. The van der Waals surface area contributed by atoms with Crippen LogP contribution >= 0.6 is 22.7 Å². The maximum Gasteiger partial charge on any atom is 0.348 e. The molecule has 0 aromatic carbocycles. The molecule has 0 fully saturated rings. The van der Waals surface area contributed by atoms with Gasteiger partial charge in [0.2, 0.25) is 0 Å². The first-order chi connectivity index (χ1) is 11.0. The van der Waals surface area contributed by atoms with Crippen LogP contribution in [0.25, 0.3) is 0 Å². The Hall–Kier alpha value is -1.73. The Balaban J connectivity index is 1.90. The molecule has 0 aliphatic carbocycles. The molecule has 1 amide bonds. The van der Waals surface area contributed by atoms with E-state index in [-0.39, 0.29) is 12.5 Å². The summed E-state index contributed by atoms with van der Waals surface area (Å²) in [5.74, 6) is -0.828. The van der Waals surface area contributed by atoms with Gasteiger partial charge in [-0.3, -0.25) is 10.1 Å². The van der Waals surface area contributed by atoms with Crippen molar-refractivity contribution >= 4 is 39.7 Å². The Labute approximate surface area is 143 Å². The van der Waals surface area contributed by atoms with Crippen LogP contribution in [0, 0.1) is 6.92 Å². The summed E-state index contributed by atoms with van der Waals surface area (Å²) < 4.78 is 5.10. The molecule has 2 aromatic rings. The predicted octanol–water partition coefficient (Wildman–Crippen LogP) is 3.82. The van der Waals surface area contributed by atoms with Crippen molar-refractivity contribution < 1.29 is 14.3 Å². The first-order valence-electron chi connectivity index (χ1n) is 7.54. The third-order valence-electron chi connectivity index (χ3n) is 3.16. The Morgan fingerprint density at radius 1 is 1.35 bits per heavy atom. The van der Waals surface area contributed by atoms with Gasteiger partial charge in [-0.1, -0.05) is 20.3 Å². The average Bonchev–Trinajstić information content (AvgIpc) is 3.11. The lowest BCUT2D eigenvalue weighted by atomic mass is 10.1. The van der Waals surface area contributed by atoms with Gasteiger partial charge in [-0.2, -0.15) is 0 Å². The fourth-order valence-corrected chi connectivity index (χ4v) is 4.03. The summed E-state index contributed by atoms with van der Waals surface area (Å²) in [6, 6.07) is 1.88. The zero-order valence-corrected chi connectivity index (χ0v) is 15.1. The van der Waals surface area contributed by atoms with Gasteiger partial charge >= 0.3 is 5.97 Å². The van der Waals surface area contributed by atoms with E-state index in [1.54, 1.807) is 0 Å². The summed E-state index contributed by atoms with van der Waals surface area (Å²) in [4.78, 5) is 29.8. The number of thiazole rings is 1.